The molecule has 2 rings (SSSR count). The van der Waals surface area contributed by atoms with Gasteiger partial charge in [0.1, 0.15) is 5.82 Å². The fourth-order valence-corrected chi connectivity index (χ4v) is 2.69. The molecule has 0 saturated carbocycles. The number of hydrogen-bond acceptors (Lipinski definition) is 3. The molecule has 0 atom stereocenters. The Morgan fingerprint density at radius 1 is 1.15 bits per heavy atom. The van der Waals surface area contributed by atoms with Crippen LogP contribution in [0.15, 0.2) is 41.4 Å². The summed E-state index contributed by atoms with van der Waals surface area (Å²) >= 11 is 6.28. The maximum atomic E-state index is 13.2. The number of benzene rings is 2. The van der Waals surface area contributed by atoms with E-state index in [1.54, 1.807) is 20.2 Å². The van der Waals surface area contributed by atoms with Crippen molar-refractivity contribution in [3.63, 3.8) is 0 Å². The Kier molecular flexibility index (Phi) is 10.2. The second kappa shape index (κ2) is 11.9. The van der Waals surface area contributed by atoms with E-state index in [1.807, 2.05) is 25.1 Å². The van der Waals surface area contributed by atoms with E-state index in [1.165, 1.54) is 12.1 Å². The summed E-state index contributed by atoms with van der Waals surface area (Å²) in [4.78, 5) is 4.16. The first-order valence-corrected chi connectivity index (χ1v) is 8.63. The third kappa shape index (κ3) is 7.06. The Morgan fingerprint density at radius 2 is 1.85 bits per heavy atom. The number of hydrogen-bond donors (Lipinski definition) is 2. The van der Waals surface area contributed by atoms with Crippen LogP contribution >= 0.6 is 35.6 Å². The molecule has 2 aromatic carbocycles. The lowest BCUT2D eigenvalue weighted by molar-refractivity contribution is 0.311. The number of methoxy groups -OCH3 is 1. The van der Waals surface area contributed by atoms with Crippen LogP contribution in [-0.4, -0.2) is 26.7 Å². The van der Waals surface area contributed by atoms with E-state index in [9.17, 15) is 4.39 Å². The third-order valence-corrected chi connectivity index (χ3v) is 3.89. The third-order valence-electron chi connectivity index (χ3n) is 3.61. The minimum Gasteiger partial charge on any atom is -0.493 e. The number of nitrogens with one attached hydrogen (secondary N) is 2. The highest BCUT2D eigenvalue weighted by molar-refractivity contribution is 14.0. The lowest BCUT2D eigenvalue weighted by Gasteiger charge is -2.15. The topological polar surface area (TPSA) is 54.9 Å². The molecule has 0 aliphatic rings. The standard InChI is InChI=1S/C19H23ClFN3O2.HI/c1-4-26-18-16(20)9-14(10-17(18)25-3)12-24-19(22-2)23-11-13-6-5-7-15(21)8-13;/h5-10H,4,11-12H2,1-3H3,(H2,22,23,24);1H. The fraction of sp³-hybridized carbons (Fsp3) is 0.316. The predicted molar refractivity (Wildman–Crippen MR) is 118 cm³/mol. The van der Waals surface area contributed by atoms with Gasteiger partial charge in [0.2, 0.25) is 0 Å². The maximum absolute atomic E-state index is 13.2. The summed E-state index contributed by atoms with van der Waals surface area (Å²) in [6.07, 6.45) is 0. The van der Waals surface area contributed by atoms with E-state index >= 15 is 0 Å². The van der Waals surface area contributed by atoms with Crippen LogP contribution in [0.4, 0.5) is 4.39 Å². The second-order valence-corrected chi connectivity index (χ2v) is 5.86. The molecule has 0 saturated heterocycles. The van der Waals surface area contributed by atoms with Crippen LogP contribution in [0.3, 0.4) is 0 Å². The quantitative estimate of drug-likeness (QED) is 0.332. The molecular weight excluding hydrogens is 484 g/mol. The van der Waals surface area contributed by atoms with Gasteiger partial charge in [-0.25, -0.2) is 4.39 Å². The minimum absolute atomic E-state index is 0. The summed E-state index contributed by atoms with van der Waals surface area (Å²) in [6, 6.07) is 10.1. The van der Waals surface area contributed by atoms with Gasteiger partial charge in [-0.15, -0.1) is 24.0 Å². The average molecular weight is 508 g/mol. The number of nitrogens with zero attached hydrogens (tertiary/aromatic N) is 1. The number of aliphatic imine (C=N–C) groups is 1. The molecule has 148 valence electrons. The molecule has 0 spiro atoms. The minimum atomic E-state index is -0.261. The molecule has 0 heterocycles. The number of ether oxygens (including phenoxy) is 2. The molecule has 2 N–H and O–H groups in total. The molecule has 0 unspecified atom stereocenters. The summed E-state index contributed by atoms with van der Waals surface area (Å²) in [5, 5.41) is 6.82. The van der Waals surface area contributed by atoms with Gasteiger partial charge in [0.15, 0.2) is 17.5 Å². The van der Waals surface area contributed by atoms with Crippen molar-refractivity contribution in [2.75, 3.05) is 20.8 Å². The Morgan fingerprint density at radius 3 is 2.44 bits per heavy atom. The van der Waals surface area contributed by atoms with Gasteiger partial charge < -0.3 is 20.1 Å². The van der Waals surface area contributed by atoms with Gasteiger partial charge in [-0.1, -0.05) is 23.7 Å². The first-order valence-electron chi connectivity index (χ1n) is 8.25. The first-order chi connectivity index (χ1) is 12.6. The van der Waals surface area contributed by atoms with E-state index in [0.29, 0.717) is 42.2 Å². The highest BCUT2D eigenvalue weighted by Gasteiger charge is 2.12. The predicted octanol–water partition coefficient (Wildman–Crippen LogP) is 4.37. The van der Waals surface area contributed by atoms with Crippen molar-refractivity contribution in [2.45, 2.75) is 20.0 Å². The zero-order valence-corrected chi connectivity index (χ0v) is 18.6. The van der Waals surface area contributed by atoms with Crippen LogP contribution in [0.1, 0.15) is 18.1 Å². The monoisotopic (exact) mass is 507 g/mol. The van der Waals surface area contributed by atoms with Gasteiger partial charge in [0.25, 0.3) is 0 Å². The van der Waals surface area contributed by atoms with Crippen LogP contribution in [0.25, 0.3) is 0 Å². The van der Waals surface area contributed by atoms with Crippen molar-refractivity contribution < 1.29 is 13.9 Å². The lowest BCUT2D eigenvalue weighted by atomic mass is 10.2. The SMILES string of the molecule is CCOc1c(Cl)cc(CNC(=NC)NCc2cccc(F)c2)cc1OC.I. The smallest absolute Gasteiger partial charge is 0.191 e. The second-order valence-electron chi connectivity index (χ2n) is 5.45. The molecule has 0 fully saturated rings. The molecule has 5 nitrogen and oxygen atoms in total. The molecule has 0 aromatic heterocycles. The molecule has 0 bridgehead atoms. The summed E-state index contributed by atoms with van der Waals surface area (Å²) in [5.41, 5.74) is 1.75. The van der Waals surface area contributed by atoms with Gasteiger partial charge in [-0.05, 0) is 42.3 Å². The van der Waals surface area contributed by atoms with E-state index in [-0.39, 0.29) is 29.8 Å². The fourth-order valence-electron chi connectivity index (χ4n) is 2.40. The summed E-state index contributed by atoms with van der Waals surface area (Å²) in [5.74, 6) is 1.45. The molecular formula is C19H24ClFIN3O2. The Hall–Kier alpha value is -1.74. The van der Waals surface area contributed by atoms with Crippen molar-refractivity contribution in [3.8, 4) is 11.5 Å². The van der Waals surface area contributed by atoms with Crippen molar-refractivity contribution in [3.05, 3.63) is 58.4 Å². The van der Waals surface area contributed by atoms with Crippen LogP contribution < -0.4 is 20.1 Å². The number of halogens is 3. The zero-order chi connectivity index (χ0) is 18.9. The van der Waals surface area contributed by atoms with Crippen LogP contribution in [0.5, 0.6) is 11.5 Å². The Balaban J connectivity index is 0.00000364. The molecule has 0 radical (unpaired) electrons. The van der Waals surface area contributed by atoms with Gasteiger partial charge in [0.05, 0.1) is 18.7 Å². The largest absolute Gasteiger partial charge is 0.493 e. The van der Waals surface area contributed by atoms with Gasteiger partial charge >= 0.3 is 0 Å². The van der Waals surface area contributed by atoms with E-state index in [4.69, 9.17) is 21.1 Å². The highest BCUT2D eigenvalue weighted by atomic mass is 127. The summed E-state index contributed by atoms with van der Waals surface area (Å²) < 4.78 is 24.1. The average Bonchev–Trinajstić information content (AvgIpc) is 2.63. The normalized spacial score (nSPS) is 10.8. The molecule has 27 heavy (non-hydrogen) atoms. The number of guanidine groups is 1. The van der Waals surface area contributed by atoms with Gasteiger partial charge in [0, 0.05) is 20.1 Å². The van der Waals surface area contributed by atoms with Crippen molar-refractivity contribution in [1.29, 1.82) is 0 Å². The van der Waals surface area contributed by atoms with Crippen LogP contribution in [0, 0.1) is 5.82 Å². The van der Waals surface area contributed by atoms with E-state index in [0.717, 1.165) is 11.1 Å². The number of rotatable bonds is 7. The zero-order valence-electron chi connectivity index (χ0n) is 15.5. The van der Waals surface area contributed by atoms with Crippen molar-refractivity contribution in [2.24, 2.45) is 4.99 Å². The highest BCUT2D eigenvalue weighted by Crippen LogP contribution is 2.36. The molecule has 2 aromatic rings. The van der Waals surface area contributed by atoms with Crippen molar-refractivity contribution in [1.82, 2.24) is 10.6 Å². The Labute approximate surface area is 181 Å². The summed E-state index contributed by atoms with van der Waals surface area (Å²) in [7, 11) is 3.25. The van der Waals surface area contributed by atoms with Gasteiger partial charge in [-0.2, -0.15) is 0 Å². The molecule has 0 aliphatic carbocycles. The van der Waals surface area contributed by atoms with Crippen LogP contribution in [0.2, 0.25) is 5.02 Å². The Bertz CT molecular complexity index is 775. The maximum Gasteiger partial charge on any atom is 0.191 e. The summed E-state index contributed by atoms with van der Waals surface area (Å²) in [6.45, 7) is 3.35. The molecule has 0 aliphatic heterocycles. The lowest BCUT2D eigenvalue weighted by Crippen LogP contribution is -2.36. The van der Waals surface area contributed by atoms with E-state index in [2.05, 4.69) is 15.6 Å². The van der Waals surface area contributed by atoms with E-state index < -0.39 is 0 Å². The van der Waals surface area contributed by atoms with Gasteiger partial charge in [-0.3, -0.25) is 4.99 Å². The molecule has 0 amide bonds. The first kappa shape index (κ1) is 23.3. The van der Waals surface area contributed by atoms with Crippen LogP contribution in [-0.2, 0) is 13.1 Å². The van der Waals surface area contributed by atoms with Crippen molar-refractivity contribution >= 4 is 41.5 Å². The molecule has 8 heteroatoms.